The Morgan fingerprint density at radius 1 is 1.46 bits per heavy atom. The van der Waals surface area contributed by atoms with Crippen LogP contribution < -0.4 is 5.43 Å². The second-order valence-corrected chi connectivity index (χ2v) is 2.96. The Bertz CT molecular complexity index is 157. The van der Waals surface area contributed by atoms with Gasteiger partial charge in [0.2, 0.25) is 0 Å². The Labute approximate surface area is 80.8 Å². The fraction of sp³-hybridized carbons (Fsp3) is 0.700. The van der Waals surface area contributed by atoms with Gasteiger partial charge in [-0.3, -0.25) is 9.80 Å². The van der Waals surface area contributed by atoms with Crippen LogP contribution in [0.5, 0.6) is 0 Å². The highest BCUT2D eigenvalue weighted by atomic mass is 16.2. The zero-order valence-corrected chi connectivity index (χ0v) is 8.68. The van der Waals surface area contributed by atoms with Crippen molar-refractivity contribution >= 4 is 5.91 Å². The van der Waals surface area contributed by atoms with Crippen LogP contribution in [-0.2, 0) is 4.79 Å². The van der Waals surface area contributed by atoms with E-state index in [1.807, 2.05) is 6.92 Å². The Kier molecular flexibility index (Phi) is 7.30. The summed E-state index contributed by atoms with van der Waals surface area (Å²) in [5, 5.41) is 1.63. The van der Waals surface area contributed by atoms with Crippen LogP contribution in [0.15, 0.2) is 12.7 Å². The van der Waals surface area contributed by atoms with Gasteiger partial charge >= 0.3 is 0 Å². The molecule has 0 rings (SSSR count). The molecule has 1 amide bonds. The van der Waals surface area contributed by atoms with Crippen molar-refractivity contribution in [3.63, 3.8) is 0 Å². The highest BCUT2D eigenvalue weighted by molar-refractivity contribution is 5.86. The number of unbranched alkanes of at least 4 members (excludes halogenated alkanes) is 1. The summed E-state index contributed by atoms with van der Waals surface area (Å²) >= 11 is 0. The van der Waals surface area contributed by atoms with E-state index in [1.54, 1.807) is 5.01 Å². The highest BCUT2D eigenvalue weighted by Crippen LogP contribution is 1.91. The molecule has 0 unspecified atom stereocenters. The van der Waals surface area contributed by atoms with Crippen molar-refractivity contribution in [2.45, 2.75) is 33.1 Å². The minimum atomic E-state index is -0.0436. The van der Waals surface area contributed by atoms with Crippen LogP contribution in [0.1, 0.15) is 33.1 Å². The smallest absolute Gasteiger partial charge is 0.260 e. The molecule has 0 bridgehead atoms. The van der Waals surface area contributed by atoms with E-state index in [4.69, 9.17) is 0 Å². The maximum absolute atomic E-state index is 11.2. The lowest BCUT2D eigenvalue weighted by atomic mass is 10.3. The quantitative estimate of drug-likeness (QED) is 0.371. The topological polar surface area (TPSA) is 32.3 Å². The SMILES string of the molecule is C=CC(=O)N(CCC)NCCCC. The first-order valence-corrected chi connectivity index (χ1v) is 4.93. The predicted octanol–water partition coefficient (Wildman–Crippen LogP) is 1.72. The summed E-state index contributed by atoms with van der Waals surface area (Å²) in [6.45, 7) is 9.24. The van der Waals surface area contributed by atoms with Crippen molar-refractivity contribution in [2.24, 2.45) is 0 Å². The molecule has 3 heteroatoms. The van der Waals surface area contributed by atoms with E-state index in [0.717, 1.165) is 32.4 Å². The molecule has 0 aromatic rings. The summed E-state index contributed by atoms with van der Waals surface area (Å²) in [6, 6.07) is 0. The Morgan fingerprint density at radius 3 is 2.62 bits per heavy atom. The number of hydrazine groups is 1. The van der Waals surface area contributed by atoms with E-state index in [0.29, 0.717) is 0 Å². The Morgan fingerprint density at radius 2 is 2.15 bits per heavy atom. The van der Waals surface area contributed by atoms with Crippen LogP contribution in [0.2, 0.25) is 0 Å². The minimum Gasteiger partial charge on any atom is -0.274 e. The summed E-state index contributed by atoms with van der Waals surface area (Å²) in [5.41, 5.74) is 3.08. The van der Waals surface area contributed by atoms with E-state index in [-0.39, 0.29) is 5.91 Å². The summed E-state index contributed by atoms with van der Waals surface area (Å²) in [7, 11) is 0. The van der Waals surface area contributed by atoms with Crippen molar-refractivity contribution in [2.75, 3.05) is 13.1 Å². The number of hydrogen-bond donors (Lipinski definition) is 1. The monoisotopic (exact) mass is 184 g/mol. The van der Waals surface area contributed by atoms with Crippen molar-refractivity contribution in [1.29, 1.82) is 0 Å². The van der Waals surface area contributed by atoms with Gasteiger partial charge in [-0.25, -0.2) is 5.43 Å². The van der Waals surface area contributed by atoms with Crippen LogP contribution in [0.25, 0.3) is 0 Å². The standard InChI is InChI=1S/C10H20N2O/c1-4-7-8-11-12(9-5-2)10(13)6-3/h6,11H,3-5,7-9H2,1-2H3. The molecule has 0 aliphatic heterocycles. The van der Waals surface area contributed by atoms with Crippen LogP contribution in [0.4, 0.5) is 0 Å². The van der Waals surface area contributed by atoms with Gasteiger partial charge in [0, 0.05) is 13.1 Å². The number of amides is 1. The molecule has 0 aromatic carbocycles. The number of carbonyl (C=O) groups is 1. The lowest BCUT2D eigenvalue weighted by molar-refractivity contribution is -0.129. The fourth-order valence-electron chi connectivity index (χ4n) is 0.992. The molecule has 76 valence electrons. The molecule has 0 saturated heterocycles. The first kappa shape index (κ1) is 12.2. The van der Waals surface area contributed by atoms with Gasteiger partial charge in [0.05, 0.1) is 0 Å². The number of rotatable bonds is 7. The van der Waals surface area contributed by atoms with Crippen LogP contribution >= 0.6 is 0 Å². The predicted molar refractivity (Wildman–Crippen MR) is 55.1 cm³/mol. The summed E-state index contributed by atoms with van der Waals surface area (Å²) in [4.78, 5) is 11.2. The van der Waals surface area contributed by atoms with Crippen molar-refractivity contribution in [3.8, 4) is 0 Å². The van der Waals surface area contributed by atoms with Crippen molar-refractivity contribution < 1.29 is 4.79 Å². The summed E-state index contributed by atoms with van der Waals surface area (Å²) < 4.78 is 0. The lowest BCUT2D eigenvalue weighted by Gasteiger charge is -2.21. The van der Waals surface area contributed by atoms with Crippen LogP contribution in [0.3, 0.4) is 0 Å². The molecule has 1 N–H and O–H groups in total. The van der Waals surface area contributed by atoms with E-state index < -0.39 is 0 Å². The third-order valence-corrected chi connectivity index (χ3v) is 1.72. The molecule has 0 atom stereocenters. The van der Waals surface area contributed by atoms with Crippen molar-refractivity contribution in [1.82, 2.24) is 10.4 Å². The van der Waals surface area contributed by atoms with Gasteiger partial charge in [-0.1, -0.05) is 26.8 Å². The maximum atomic E-state index is 11.2. The lowest BCUT2D eigenvalue weighted by Crippen LogP contribution is -2.42. The molecule has 13 heavy (non-hydrogen) atoms. The van der Waals surface area contributed by atoms with Gasteiger partial charge in [-0.05, 0) is 18.9 Å². The fourth-order valence-corrected chi connectivity index (χ4v) is 0.992. The second-order valence-electron chi connectivity index (χ2n) is 2.96. The maximum Gasteiger partial charge on any atom is 0.260 e. The largest absolute Gasteiger partial charge is 0.274 e. The minimum absolute atomic E-state index is 0.0436. The number of hydrogen-bond acceptors (Lipinski definition) is 2. The molecule has 0 aromatic heterocycles. The number of nitrogens with one attached hydrogen (secondary N) is 1. The molecule has 0 aliphatic carbocycles. The average molecular weight is 184 g/mol. The van der Waals surface area contributed by atoms with Crippen molar-refractivity contribution in [3.05, 3.63) is 12.7 Å². The molecular weight excluding hydrogens is 164 g/mol. The number of carbonyl (C=O) groups excluding carboxylic acids is 1. The molecule has 0 spiro atoms. The molecule has 0 radical (unpaired) electrons. The first-order valence-electron chi connectivity index (χ1n) is 4.93. The zero-order chi connectivity index (χ0) is 10.1. The van der Waals surface area contributed by atoms with Gasteiger partial charge in [-0.2, -0.15) is 0 Å². The van der Waals surface area contributed by atoms with Gasteiger partial charge in [-0.15, -0.1) is 0 Å². The molecule has 0 saturated carbocycles. The number of nitrogens with zero attached hydrogens (tertiary/aromatic N) is 1. The average Bonchev–Trinajstić information content (AvgIpc) is 2.16. The Hall–Kier alpha value is -0.830. The zero-order valence-electron chi connectivity index (χ0n) is 8.68. The van der Waals surface area contributed by atoms with E-state index >= 15 is 0 Å². The summed E-state index contributed by atoms with van der Waals surface area (Å²) in [6.07, 6.45) is 4.52. The third kappa shape index (κ3) is 5.42. The molecule has 0 fully saturated rings. The third-order valence-electron chi connectivity index (χ3n) is 1.72. The molecular formula is C10H20N2O. The Balaban J connectivity index is 3.79. The van der Waals surface area contributed by atoms with E-state index in [2.05, 4.69) is 18.9 Å². The van der Waals surface area contributed by atoms with E-state index in [1.165, 1.54) is 6.08 Å². The molecule has 0 heterocycles. The van der Waals surface area contributed by atoms with E-state index in [9.17, 15) is 4.79 Å². The van der Waals surface area contributed by atoms with Crippen LogP contribution in [-0.4, -0.2) is 24.0 Å². The second kappa shape index (κ2) is 7.80. The van der Waals surface area contributed by atoms with Gasteiger partial charge < -0.3 is 0 Å². The van der Waals surface area contributed by atoms with Gasteiger partial charge in [0.25, 0.3) is 5.91 Å². The van der Waals surface area contributed by atoms with Crippen LogP contribution in [0, 0.1) is 0 Å². The normalized spacial score (nSPS) is 9.69. The van der Waals surface area contributed by atoms with Gasteiger partial charge in [0.15, 0.2) is 0 Å². The molecule has 3 nitrogen and oxygen atoms in total. The van der Waals surface area contributed by atoms with Gasteiger partial charge in [0.1, 0.15) is 0 Å². The molecule has 0 aliphatic rings. The summed E-state index contributed by atoms with van der Waals surface area (Å²) in [5.74, 6) is -0.0436. The first-order chi connectivity index (χ1) is 6.26. The highest BCUT2D eigenvalue weighted by Gasteiger charge is 2.06.